The number of hydrogen-bond donors (Lipinski definition) is 1. The van der Waals surface area contributed by atoms with Crippen LogP contribution in [-0.2, 0) is 11.3 Å². The normalized spacial score (nSPS) is 20.1. The Morgan fingerprint density at radius 1 is 1.25 bits per heavy atom. The Morgan fingerprint density at radius 3 is 2.66 bits per heavy atom. The van der Waals surface area contributed by atoms with Crippen LogP contribution in [0.3, 0.4) is 0 Å². The fraction of sp³-hybridized carbons (Fsp3) is 0.524. The number of alkyl halides is 3. The number of aromatic nitrogens is 2. The summed E-state index contributed by atoms with van der Waals surface area (Å²) in [6.45, 7) is 1.37. The van der Waals surface area contributed by atoms with Crippen molar-refractivity contribution < 1.29 is 27.8 Å². The molecular weight excluding hydrogens is 429 g/mol. The first kappa shape index (κ1) is 22.4. The number of benzene rings is 1. The second-order valence-corrected chi connectivity index (χ2v) is 7.76. The van der Waals surface area contributed by atoms with E-state index in [0.29, 0.717) is 43.4 Å². The standard InChI is InChI=1S/C21H25F3N4O4/c1-31-16-5-3-2-4-14(16)15(29)13-28-17(21(22,23)24)6-7-27-19(30)12-18(25-20(27)28)26-8-10-32-11-9-26/h2-5,12,15,17,29H,6-11,13H2,1H3/t15-,17?/m0/s1. The Morgan fingerprint density at radius 2 is 1.97 bits per heavy atom. The van der Waals surface area contributed by atoms with Gasteiger partial charge in [-0.1, -0.05) is 18.2 Å². The van der Waals surface area contributed by atoms with Crippen molar-refractivity contribution in [2.24, 2.45) is 0 Å². The molecule has 2 aliphatic heterocycles. The zero-order valence-electron chi connectivity index (χ0n) is 17.6. The first-order chi connectivity index (χ1) is 15.3. The van der Waals surface area contributed by atoms with Gasteiger partial charge >= 0.3 is 6.18 Å². The van der Waals surface area contributed by atoms with E-state index in [-0.39, 0.29) is 18.9 Å². The number of fused-ring (bicyclic) bond motifs is 1. The third kappa shape index (κ3) is 4.40. The lowest BCUT2D eigenvalue weighted by atomic mass is 10.0. The maximum Gasteiger partial charge on any atom is 0.408 e. The van der Waals surface area contributed by atoms with Gasteiger partial charge < -0.3 is 24.4 Å². The highest BCUT2D eigenvalue weighted by atomic mass is 19.4. The van der Waals surface area contributed by atoms with E-state index in [2.05, 4.69) is 4.98 Å². The van der Waals surface area contributed by atoms with Crippen LogP contribution >= 0.6 is 0 Å². The number of morpholine rings is 1. The molecule has 1 aromatic heterocycles. The number of para-hydroxylation sites is 1. The van der Waals surface area contributed by atoms with Crippen molar-refractivity contribution in [2.75, 3.05) is 49.8 Å². The Balaban J connectivity index is 1.74. The lowest BCUT2D eigenvalue weighted by Gasteiger charge is -2.40. The van der Waals surface area contributed by atoms with Gasteiger partial charge in [-0.3, -0.25) is 9.36 Å². The highest BCUT2D eigenvalue weighted by Crippen LogP contribution is 2.36. The largest absolute Gasteiger partial charge is 0.496 e. The van der Waals surface area contributed by atoms with Gasteiger partial charge in [0.05, 0.1) is 26.9 Å². The van der Waals surface area contributed by atoms with Crippen molar-refractivity contribution in [2.45, 2.75) is 31.3 Å². The Bertz CT molecular complexity index is 1010. The van der Waals surface area contributed by atoms with E-state index in [1.165, 1.54) is 17.7 Å². The first-order valence-electron chi connectivity index (χ1n) is 10.4. The van der Waals surface area contributed by atoms with Crippen LogP contribution in [0.4, 0.5) is 24.9 Å². The quantitative estimate of drug-likeness (QED) is 0.740. The lowest BCUT2D eigenvalue weighted by molar-refractivity contribution is -0.153. The molecule has 0 radical (unpaired) electrons. The predicted molar refractivity (Wildman–Crippen MR) is 111 cm³/mol. The van der Waals surface area contributed by atoms with Crippen molar-refractivity contribution in [3.05, 3.63) is 46.2 Å². The summed E-state index contributed by atoms with van der Waals surface area (Å²) < 4.78 is 53.6. The molecule has 8 nitrogen and oxygen atoms in total. The molecule has 0 amide bonds. The summed E-state index contributed by atoms with van der Waals surface area (Å²) in [5.74, 6) is 0.582. The fourth-order valence-electron chi connectivity index (χ4n) is 4.19. The maximum absolute atomic E-state index is 13.9. The van der Waals surface area contributed by atoms with Crippen molar-refractivity contribution in [1.29, 1.82) is 0 Å². The van der Waals surface area contributed by atoms with Gasteiger partial charge in [-0.05, 0) is 12.5 Å². The van der Waals surface area contributed by atoms with Crippen LogP contribution in [0.1, 0.15) is 18.1 Å². The van der Waals surface area contributed by atoms with Crippen LogP contribution in [0, 0.1) is 0 Å². The van der Waals surface area contributed by atoms with E-state index in [9.17, 15) is 23.1 Å². The minimum atomic E-state index is -4.56. The number of β-amino-alcohol motifs (C(OH)–C–C–N with tert-alkyl or cyclic N) is 1. The summed E-state index contributed by atoms with van der Waals surface area (Å²) in [4.78, 5) is 20.0. The van der Waals surface area contributed by atoms with Gasteiger partial charge in [0.2, 0.25) is 5.95 Å². The number of ether oxygens (including phenoxy) is 2. The summed E-state index contributed by atoms with van der Waals surface area (Å²) in [6, 6.07) is 6.07. The van der Waals surface area contributed by atoms with Crippen molar-refractivity contribution in [3.63, 3.8) is 0 Å². The Hall–Kier alpha value is -2.79. The molecule has 174 valence electrons. The number of anilines is 2. The third-order valence-electron chi connectivity index (χ3n) is 5.81. The fourth-order valence-corrected chi connectivity index (χ4v) is 4.19. The molecule has 0 saturated carbocycles. The molecule has 0 aliphatic carbocycles. The van der Waals surface area contributed by atoms with Gasteiger partial charge in [-0.2, -0.15) is 18.2 Å². The molecule has 4 rings (SSSR count). The molecule has 1 N–H and O–H groups in total. The summed E-state index contributed by atoms with van der Waals surface area (Å²) in [6.07, 6.45) is -6.15. The zero-order chi connectivity index (χ0) is 22.9. The molecule has 1 aromatic carbocycles. The third-order valence-corrected chi connectivity index (χ3v) is 5.81. The number of rotatable bonds is 5. The van der Waals surface area contributed by atoms with E-state index < -0.39 is 30.4 Å². The topological polar surface area (TPSA) is 80.1 Å². The van der Waals surface area contributed by atoms with Crippen LogP contribution in [-0.4, -0.2) is 66.8 Å². The molecule has 3 heterocycles. The summed E-state index contributed by atoms with van der Waals surface area (Å²) >= 11 is 0. The number of hydrogen-bond acceptors (Lipinski definition) is 7. The van der Waals surface area contributed by atoms with Gasteiger partial charge in [0.25, 0.3) is 5.56 Å². The minimum Gasteiger partial charge on any atom is -0.496 e. The molecule has 0 spiro atoms. The molecule has 11 heteroatoms. The van der Waals surface area contributed by atoms with E-state index >= 15 is 0 Å². The van der Waals surface area contributed by atoms with E-state index in [1.54, 1.807) is 24.3 Å². The zero-order valence-corrected chi connectivity index (χ0v) is 17.6. The molecule has 1 fully saturated rings. The van der Waals surface area contributed by atoms with E-state index in [0.717, 1.165) is 4.90 Å². The van der Waals surface area contributed by atoms with Crippen LogP contribution in [0.2, 0.25) is 0 Å². The lowest BCUT2D eigenvalue weighted by Crippen LogP contribution is -2.54. The summed E-state index contributed by atoms with van der Waals surface area (Å²) in [5.41, 5.74) is -0.0615. The van der Waals surface area contributed by atoms with Crippen LogP contribution < -0.4 is 20.1 Å². The van der Waals surface area contributed by atoms with Crippen LogP contribution in [0.5, 0.6) is 5.75 Å². The summed E-state index contributed by atoms with van der Waals surface area (Å²) in [5, 5.41) is 10.8. The monoisotopic (exact) mass is 454 g/mol. The Kier molecular flexibility index (Phi) is 6.29. The average molecular weight is 454 g/mol. The molecule has 1 unspecified atom stereocenters. The van der Waals surface area contributed by atoms with Crippen LogP contribution in [0.25, 0.3) is 0 Å². The molecule has 0 bridgehead atoms. The number of nitrogens with zero attached hydrogens (tertiary/aromatic N) is 4. The molecule has 2 aromatic rings. The molecule has 2 atom stereocenters. The van der Waals surface area contributed by atoms with Crippen molar-refractivity contribution >= 4 is 11.8 Å². The SMILES string of the molecule is COc1ccccc1[C@@H](O)CN1c2nc(N3CCOCC3)cc(=O)n2CCC1C(F)(F)F. The van der Waals surface area contributed by atoms with E-state index in [1.807, 2.05) is 4.90 Å². The van der Waals surface area contributed by atoms with Gasteiger partial charge in [0.15, 0.2) is 0 Å². The number of aliphatic hydroxyl groups is 1. The average Bonchev–Trinajstić information content (AvgIpc) is 2.79. The van der Waals surface area contributed by atoms with Gasteiger partial charge in [-0.25, -0.2) is 0 Å². The second-order valence-electron chi connectivity index (χ2n) is 7.76. The first-order valence-corrected chi connectivity index (χ1v) is 10.4. The molecule has 32 heavy (non-hydrogen) atoms. The van der Waals surface area contributed by atoms with Gasteiger partial charge in [0.1, 0.15) is 23.7 Å². The predicted octanol–water partition coefficient (Wildman–Crippen LogP) is 1.96. The number of halogens is 3. The highest BCUT2D eigenvalue weighted by molar-refractivity contribution is 5.47. The highest BCUT2D eigenvalue weighted by Gasteiger charge is 2.47. The summed E-state index contributed by atoms with van der Waals surface area (Å²) in [7, 11) is 1.43. The molecular formula is C21H25F3N4O4. The number of methoxy groups -OCH3 is 1. The second kappa shape index (κ2) is 8.99. The van der Waals surface area contributed by atoms with Crippen LogP contribution in [0.15, 0.2) is 35.1 Å². The van der Waals surface area contributed by atoms with Crippen molar-refractivity contribution in [3.8, 4) is 5.75 Å². The minimum absolute atomic E-state index is 0.0958. The smallest absolute Gasteiger partial charge is 0.408 e. The number of aliphatic hydroxyl groups excluding tert-OH is 1. The molecule has 1 saturated heterocycles. The molecule has 2 aliphatic rings. The van der Waals surface area contributed by atoms with Crippen molar-refractivity contribution in [1.82, 2.24) is 9.55 Å². The Labute approximate surface area is 182 Å². The maximum atomic E-state index is 13.9. The van der Waals surface area contributed by atoms with E-state index in [4.69, 9.17) is 9.47 Å². The van der Waals surface area contributed by atoms with Gasteiger partial charge in [0, 0.05) is 31.3 Å². The van der Waals surface area contributed by atoms with Gasteiger partial charge in [-0.15, -0.1) is 0 Å².